The molecule has 1 atom stereocenters. The van der Waals surface area contributed by atoms with Gasteiger partial charge >= 0.3 is 5.97 Å². The third-order valence-electron chi connectivity index (χ3n) is 1.55. The molecule has 0 saturated carbocycles. The minimum Gasteiger partial charge on any atom is -0.480 e. The van der Waals surface area contributed by atoms with Crippen molar-refractivity contribution in [3.63, 3.8) is 0 Å². The van der Waals surface area contributed by atoms with Crippen LogP contribution in [0, 0.1) is 0 Å². The predicted molar refractivity (Wildman–Crippen MR) is 57.4 cm³/mol. The lowest BCUT2D eigenvalue weighted by molar-refractivity contribution is -0.139. The fourth-order valence-electron chi connectivity index (χ4n) is 0.804. The second-order valence-corrected chi connectivity index (χ2v) is 3.83. The quantitative estimate of drug-likeness (QED) is 0.342. The summed E-state index contributed by atoms with van der Waals surface area (Å²) < 4.78 is 0. The van der Waals surface area contributed by atoms with Crippen LogP contribution in [0.3, 0.4) is 0 Å². The number of carboxylic acids is 1. The van der Waals surface area contributed by atoms with Crippen molar-refractivity contribution >= 4 is 24.1 Å². The monoisotopic (exact) mass is 217 g/mol. The van der Waals surface area contributed by atoms with E-state index < -0.39 is 12.0 Å². The van der Waals surface area contributed by atoms with Crippen molar-refractivity contribution in [2.75, 3.05) is 11.5 Å². The molecular formula is C9H15NO3S. The second-order valence-electron chi connectivity index (χ2n) is 2.68. The molecule has 0 aromatic carbocycles. The third kappa shape index (κ3) is 6.54. The first kappa shape index (κ1) is 13.0. The Hall–Kier alpha value is -0.970. The number of thioether (sulfide) groups is 1. The van der Waals surface area contributed by atoms with Crippen LogP contribution in [0.1, 0.15) is 12.8 Å². The maximum atomic E-state index is 10.6. The first-order valence-electron chi connectivity index (χ1n) is 4.33. The lowest BCUT2D eigenvalue weighted by Crippen LogP contribution is -2.37. The molecule has 2 N–H and O–H groups in total. The molecule has 0 radical (unpaired) electrons. The van der Waals surface area contributed by atoms with Crippen LogP contribution in [0.5, 0.6) is 0 Å². The molecule has 0 rings (SSSR count). The molecule has 0 aromatic heterocycles. The van der Waals surface area contributed by atoms with Gasteiger partial charge in [0, 0.05) is 5.75 Å². The smallest absolute Gasteiger partial charge is 0.327 e. The zero-order valence-corrected chi connectivity index (χ0v) is 8.76. The molecule has 0 bridgehead atoms. The Morgan fingerprint density at radius 3 is 2.86 bits per heavy atom. The molecule has 0 heterocycles. The maximum absolute atomic E-state index is 10.6. The minimum absolute atomic E-state index is 0.408. The third-order valence-corrected chi connectivity index (χ3v) is 2.70. The molecule has 0 spiro atoms. The molecule has 1 unspecified atom stereocenters. The summed E-state index contributed by atoms with van der Waals surface area (Å²) in [5.74, 6) is 0.301. The Morgan fingerprint density at radius 2 is 2.36 bits per heavy atom. The minimum atomic E-state index is -0.992. The van der Waals surface area contributed by atoms with Crippen LogP contribution in [-0.4, -0.2) is 35.0 Å². The van der Waals surface area contributed by atoms with E-state index >= 15 is 0 Å². The Bertz CT molecular complexity index is 196. The second kappa shape index (κ2) is 8.62. The van der Waals surface area contributed by atoms with Crippen LogP contribution >= 0.6 is 11.8 Å². The lowest BCUT2D eigenvalue weighted by Gasteiger charge is -2.09. The normalized spacial score (nSPS) is 11.7. The highest BCUT2D eigenvalue weighted by Crippen LogP contribution is 2.06. The Morgan fingerprint density at radius 1 is 1.64 bits per heavy atom. The van der Waals surface area contributed by atoms with E-state index in [0.29, 0.717) is 12.2 Å². The largest absolute Gasteiger partial charge is 0.480 e. The SMILES string of the molecule is C=CCCCSCC(NC=O)C(=O)O. The van der Waals surface area contributed by atoms with Crippen molar-refractivity contribution < 1.29 is 14.7 Å². The van der Waals surface area contributed by atoms with Gasteiger partial charge in [-0.05, 0) is 18.6 Å². The molecule has 0 fully saturated rings. The number of unbranched alkanes of at least 4 members (excludes halogenated alkanes) is 1. The number of nitrogens with one attached hydrogen (secondary N) is 1. The molecule has 5 heteroatoms. The van der Waals surface area contributed by atoms with E-state index in [0.717, 1.165) is 18.6 Å². The Labute approximate surface area is 87.8 Å². The number of hydrogen-bond donors (Lipinski definition) is 2. The number of carbonyl (C=O) groups excluding carboxylic acids is 1. The average molecular weight is 217 g/mol. The van der Waals surface area contributed by atoms with Gasteiger partial charge in [-0.25, -0.2) is 4.79 Å². The highest BCUT2D eigenvalue weighted by molar-refractivity contribution is 7.99. The number of rotatable bonds is 9. The molecule has 0 aliphatic rings. The summed E-state index contributed by atoms with van der Waals surface area (Å²) in [6.45, 7) is 3.59. The van der Waals surface area contributed by atoms with E-state index in [4.69, 9.17) is 5.11 Å². The Balaban J connectivity index is 3.55. The van der Waals surface area contributed by atoms with E-state index in [9.17, 15) is 9.59 Å². The standard InChI is InChI=1S/C9H15NO3S/c1-2-3-4-5-14-6-8(9(12)13)10-7-11/h2,7-8H,1,3-6H2,(H,10,11)(H,12,13). The van der Waals surface area contributed by atoms with Crippen LogP contribution in [-0.2, 0) is 9.59 Å². The molecular weight excluding hydrogens is 202 g/mol. The number of aliphatic carboxylic acids is 1. The predicted octanol–water partition coefficient (Wildman–Crippen LogP) is 0.885. The van der Waals surface area contributed by atoms with Gasteiger partial charge in [-0.15, -0.1) is 6.58 Å². The van der Waals surface area contributed by atoms with Crippen molar-refractivity contribution in [1.82, 2.24) is 5.32 Å². The van der Waals surface area contributed by atoms with Crippen LogP contribution < -0.4 is 5.32 Å². The van der Waals surface area contributed by atoms with Crippen LogP contribution in [0.15, 0.2) is 12.7 Å². The summed E-state index contributed by atoms with van der Waals surface area (Å²) >= 11 is 1.52. The van der Waals surface area contributed by atoms with Crippen molar-refractivity contribution in [1.29, 1.82) is 0 Å². The van der Waals surface area contributed by atoms with Crippen LogP contribution in [0.4, 0.5) is 0 Å². The zero-order chi connectivity index (χ0) is 10.8. The van der Waals surface area contributed by atoms with Gasteiger partial charge in [-0.1, -0.05) is 6.08 Å². The van der Waals surface area contributed by atoms with Gasteiger partial charge < -0.3 is 10.4 Å². The zero-order valence-electron chi connectivity index (χ0n) is 7.94. The van der Waals surface area contributed by atoms with Crippen molar-refractivity contribution in [3.05, 3.63) is 12.7 Å². The van der Waals surface area contributed by atoms with Gasteiger partial charge in [0.1, 0.15) is 6.04 Å². The van der Waals surface area contributed by atoms with E-state index in [1.807, 2.05) is 6.08 Å². The molecule has 0 saturated heterocycles. The van der Waals surface area contributed by atoms with Crippen LogP contribution in [0.25, 0.3) is 0 Å². The highest BCUT2D eigenvalue weighted by Gasteiger charge is 2.15. The number of allylic oxidation sites excluding steroid dienone is 1. The average Bonchev–Trinajstić information content (AvgIpc) is 2.15. The van der Waals surface area contributed by atoms with E-state index in [1.165, 1.54) is 11.8 Å². The molecule has 0 aromatic rings. The van der Waals surface area contributed by atoms with E-state index in [-0.39, 0.29) is 0 Å². The topological polar surface area (TPSA) is 66.4 Å². The molecule has 4 nitrogen and oxygen atoms in total. The molecule has 0 aliphatic carbocycles. The van der Waals surface area contributed by atoms with Gasteiger partial charge in [-0.3, -0.25) is 4.79 Å². The van der Waals surface area contributed by atoms with E-state index in [1.54, 1.807) is 0 Å². The number of amides is 1. The van der Waals surface area contributed by atoms with Crippen molar-refractivity contribution in [3.8, 4) is 0 Å². The summed E-state index contributed by atoms with van der Waals surface area (Å²) in [4.78, 5) is 20.6. The van der Waals surface area contributed by atoms with Gasteiger partial charge in [0.05, 0.1) is 0 Å². The molecule has 14 heavy (non-hydrogen) atoms. The Kier molecular flexibility index (Phi) is 8.02. The summed E-state index contributed by atoms with van der Waals surface area (Å²) in [7, 11) is 0. The summed E-state index contributed by atoms with van der Waals surface area (Å²) in [6.07, 6.45) is 4.18. The summed E-state index contributed by atoms with van der Waals surface area (Å²) in [5.41, 5.74) is 0. The van der Waals surface area contributed by atoms with Crippen LogP contribution in [0.2, 0.25) is 0 Å². The van der Waals surface area contributed by atoms with Gasteiger partial charge in [0.15, 0.2) is 0 Å². The van der Waals surface area contributed by atoms with E-state index in [2.05, 4.69) is 11.9 Å². The lowest BCUT2D eigenvalue weighted by atomic mass is 10.3. The fraction of sp³-hybridized carbons (Fsp3) is 0.556. The first-order valence-corrected chi connectivity index (χ1v) is 5.49. The summed E-state index contributed by atoms with van der Waals surface area (Å²) in [6, 6.07) is -0.777. The van der Waals surface area contributed by atoms with Gasteiger partial charge in [0.2, 0.25) is 6.41 Å². The first-order chi connectivity index (χ1) is 6.72. The number of hydrogen-bond acceptors (Lipinski definition) is 3. The van der Waals surface area contributed by atoms with Crippen molar-refractivity contribution in [2.45, 2.75) is 18.9 Å². The summed E-state index contributed by atoms with van der Waals surface area (Å²) in [5, 5.41) is 10.9. The highest BCUT2D eigenvalue weighted by atomic mass is 32.2. The fourth-order valence-corrected chi connectivity index (χ4v) is 1.82. The van der Waals surface area contributed by atoms with Crippen molar-refractivity contribution in [2.24, 2.45) is 0 Å². The number of carbonyl (C=O) groups is 2. The number of carboxylic acid groups (broad SMARTS) is 1. The molecule has 0 aliphatic heterocycles. The molecule has 80 valence electrons. The van der Waals surface area contributed by atoms with Gasteiger partial charge in [0.25, 0.3) is 0 Å². The van der Waals surface area contributed by atoms with Gasteiger partial charge in [-0.2, -0.15) is 11.8 Å². The molecule has 1 amide bonds. The maximum Gasteiger partial charge on any atom is 0.327 e.